The van der Waals surface area contributed by atoms with E-state index in [0.29, 0.717) is 0 Å². The molecule has 25 heteroatoms. The summed E-state index contributed by atoms with van der Waals surface area (Å²) in [5.41, 5.74) is -11.6. The van der Waals surface area contributed by atoms with Gasteiger partial charge in [0.05, 0.1) is 13.2 Å². The van der Waals surface area contributed by atoms with Gasteiger partial charge in [-0.25, -0.2) is 4.90 Å². The van der Waals surface area contributed by atoms with E-state index in [9.17, 15) is 76.3 Å². The van der Waals surface area contributed by atoms with Crippen LogP contribution in [-0.4, -0.2) is 83.6 Å². The Morgan fingerprint density at radius 2 is 0.867 bits per heavy atom. The normalized spacial score (nSPS) is 20.3. The zero-order valence-corrected chi connectivity index (χ0v) is 19.4. The lowest BCUT2D eigenvalue weighted by Gasteiger charge is -2.42. The fourth-order valence-corrected chi connectivity index (χ4v) is 13.4. The zero-order chi connectivity index (χ0) is 24.1. The van der Waals surface area contributed by atoms with Gasteiger partial charge in [0.1, 0.15) is 0 Å². The van der Waals surface area contributed by atoms with Gasteiger partial charge in [-0.15, -0.1) is 0 Å². The van der Waals surface area contributed by atoms with Crippen LogP contribution in [0.3, 0.4) is 0 Å². The van der Waals surface area contributed by atoms with Gasteiger partial charge in [-0.2, -0.15) is 0 Å². The summed E-state index contributed by atoms with van der Waals surface area (Å²) in [4.78, 5) is 92.7. The van der Waals surface area contributed by atoms with E-state index in [1.165, 1.54) is 0 Å². The molecule has 19 nitrogen and oxygen atoms in total. The predicted octanol–water partition coefficient (Wildman–Crippen LogP) is -1.73. The lowest BCUT2D eigenvalue weighted by atomic mass is 10.8. The maximum Gasteiger partial charge on any atom is 0.360 e. The van der Waals surface area contributed by atoms with Gasteiger partial charge in [0, 0.05) is 0 Å². The first kappa shape index (κ1) is 28.9. The second-order valence-corrected chi connectivity index (χ2v) is 17.3. The van der Waals surface area contributed by atoms with Gasteiger partial charge in [0.2, 0.25) is 16.6 Å². The van der Waals surface area contributed by atoms with Gasteiger partial charge in [-0.05, 0) is 0 Å². The second kappa shape index (κ2) is 8.90. The van der Waals surface area contributed by atoms with Crippen molar-refractivity contribution in [1.82, 2.24) is 4.90 Å². The molecule has 0 bridgehead atoms. The third kappa shape index (κ3) is 6.69. The quantitative estimate of drug-likeness (QED) is 0.139. The minimum Gasteiger partial charge on any atom is -0.323 e. The molecule has 1 fully saturated rings. The molecule has 10 N–H and O–H groups in total. The molecule has 0 aromatic carbocycles. The number of hydrogen-bond acceptors (Lipinski definition) is 9. The van der Waals surface area contributed by atoms with Crippen molar-refractivity contribution in [1.29, 1.82) is 0 Å². The maximum absolute atomic E-state index is 12.7. The summed E-state index contributed by atoms with van der Waals surface area (Å²) in [5, 5.41) is 0. The van der Waals surface area contributed by atoms with Gasteiger partial charge in [0.25, 0.3) is 0 Å². The molecular formula is C5H17NO18P6. The summed E-state index contributed by atoms with van der Waals surface area (Å²) in [7, 11) is -37.5. The first-order chi connectivity index (χ1) is 12.9. The maximum atomic E-state index is 12.7. The highest BCUT2D eigenvalue weighted by Gasteiger charge is 2.68. The molecule has 0 spiro atoms. The number of nitrogens with zero attached hydrogens (tertiary/aromatic N) is 1. The lowest BCUT2D eigenvalue weighted by Crippen LogP contribution is -2.49. The SMILES string of the molecule is O=P(O)(O)C(N(C(P(=O)(O)O)P(=O)(O)O)C(P(=O)(O)O)P1(=O)OCCO1)P(=O)(O)O. The first-order valence-electron chi connectivity index (χ1n) is 6.86. The van der Waals surface area contributed by atoms with Crippen molar-refractivity contribution in [3.8, 4) is 0 Å². The van der Waals surface area contributed by atoms with Gasteiger partial charge < -0.3 is 58.0 Å². The molecule has 0 amide bonds. The minimum absolute atomic E-state index is 0.714. The molecule has 0 aliphatic carbocycles. The fourth-order valence-electron chi connectivity index (χ4n) is 2.47. The van der Waals surface area contributed by atoms with Crippen molar-refractivity contribution in [2.45, 2.75) is 16.6 Å². The van der Waals surface area contributed by atoms with E-state index in [2.05, 4.69) is 9.05 Å². The van der Waals surface area contributed by atoms with Crippen LogP contribution in [0.25, 0.3) is 0 Å². The smallest absolute Gasteiger partial charge is 0.323 e. The first-order valence-corrected chi connectivity index (χ1v) is 16.9. The van der Waals surface area contributed by atoms with Crippen molar-refractivity contribution in [2.75, 3.05) is 13.2 Å². The second-order valence-electron chi connectivity index (χ2n) is 5.64. The summed E-state index contributed by atoms with van der Waals surface area (Å²) in [5.74, 6) is 0. The van der Waals surface area contributed by atoms with Crippen LogP contribution in [0.4, 0.5) is 0 Å². The molecule has 1 aliphatic heterocycles. The molecule has 1 unspecified atom stereocenters. The highest BCUT2D eigenvalue weighted by Crippen LogP contribution is 2.77. The molecule has 1 saturated heterocycles. The van der Waals surface area contributed by atoms with E-state index < -0.39 is 80.3 Å². The molecule has 0 aromatic rings. The van der Waals surface area contributed by atoms with Crippen molar-refractivity contribution in [3.63, 3.8) is 0 Å². The Morgan fingerprint density at radius 3 is 1.07 bits per heavy atom. The molecule has 0 saturated carbocycles. The largest absolute Gasteiger partial charge is 0.360 e. The van der Waals surface area contributed by atoms with Gasteiger partial charge >= 0.3 is 45.6 Å². The van der Waals surface area contributed by atoms with E-state index in [0.717, 1.165) is 0 Å². The Hall–Kier alpha value is 0.860. The van der Waals surface area contributed by atoms with Crippen LogP contribution >= 0.6 is 45.6 Å². The molecule has 30 heavy (non-hydrogen) atoms. The summed E-state index contributed by atoms with van der Waals surface area (Å²) >= 11 is 0. The van der Waals surface area contributed by atoms with Crippen molar-refractivity contribution in [3.05, 3.63) is 0 Å². The van der Waals surface area contributed by atoms with Crippen LogP contribution in [0, 0.1) is 0 Å². The molecule has 1 atom stereocenters. The van der Waals surface area contributed by atoms with Crippen LogP contribution in [0.2, 0.25) is 0 Å². The van der Waals surface area contributed by atoms with Crippen LogP contribution in [0.5, 0.6) is 0 Å². The summed E-state index contributed by atoms with van der Waals surface area (Å²) in [6.07, 6.45) is 0. The van der Waals surface area contributed by atoms with Crippen molar-refractivity contribution >= 4 is 45.6 Å². The molecule has 0 radical (unpaired) electrons. The Morgan fingerprint density at radius 1 is 0.600 bits per heavy atom. The van der Waals surface area contributed by atoms with E-state index in [-0.39, 0.29) is 0 Å². The van der Waals surface area contributed by atoms with Crippen molar-refractivity contribution in [2.24, 2.45) is 0 Å². The van der Waals surface area contributed by atoms with Crippen LogP contribution < -0.4 is 0 Å². The van der Waals surface area contributed by atoms with Gasteiger partial charge in [-0.3, -0.25) is 27.4 Å². The topological polar surface area (TPSA) is 326 Å². The molecule has 1 rings (SSSR count). The predicted molar refractivity (Wildman–Crippen MR) is 92.9 cm³/mol. The van der Waals surface area contributed by atoms with Gasteiger partial charge in [0.15, 0.2) is 0 Å². The molecule has 0 aromatic heterocycles. The van der Waals surface area contributed by atoms with E-state index in [4.69, 9.17) is 0 Å². The number of rotatable bonds is 9. The van der Waals surface area contributed by atoms with E-state index in [1.807, 2.05) is 0 Å². The van der Waals surface area contributed by atoms with Crippen LogP contribution in [0.1, 0.15) is 0 Å². The Balaban J connectivity index is 4.15. The zero-order valence-electron chi connectivity index (χ0n) is 14.0. The standard InChI is InChI=1S/C5H17NO18P6/c7-25(8,9)3(26(10,11)12)6(4(27(13,14)15)28(16,17)18)5(29(19,20)21)30(22)23-1-2-24-30/h3-5H,1-2H2,(H2,7,8,9)(H2,10,11,12)(H2,13,14,15)(H2,16,17,18)(H2,19,20,21). The molecular weight excluding hydrogens is 548 g/mol. The molecule has 180 valence electrons. The Bertz CT molecular complexity index is 827. The lowest BCUT2D eigenvalue weighted by molar-refractivity contribution is 0.183. The average Bonchev–Trinajstić information content (AvgIpc) is 2.76. The monoisotopic (exact) mass is 565 g/mol. The summed E-state index contributed by atoms with van der Waals surface area (Å²) < 4.78 is 80.7. The van der Waals surface area contributed by atoms with Crippen LogP contribution in [0.15, 0.2) is 0 Å². The fraction of sp³-hybridized carbons (Fsp3) is 1.00. The average molecular weight is 565 g/mol. The summed E-state index contributed by atoms with van der Waals surface area (Å²) in [6.45, 7) is -1.43. The van der Waals surface area contributed by atoms with E-state index >= 15 is 0 Å². The molecule has 1 aliphatic rings. The number of hydrogen-bond donors (Lipinski definition) is 10. The Kier molecular flexibility index (Phi) is 8.57. The van der Waals surface area contributed by atoms with Gasteiger partial charge in [-0.1, -0.05) is 0 Å². The Labute approximate surface area is 166 Å². The molecule has 1 heterocycles. The highest BCUT2D eigenvalue weighted by atomic mass is 31.3. The third-order valence-electron chi connectivity index (χ3n) is 3.21. The van der Waals surface area contributed by atoms with Crippen molar-refractivity contribution < 1.29 is 85.4 Å². The summed E-state index contributed by atoms with van der Waals surface area (Å²) in [6, 6.07) is 0. The third-order valence-corrected chi connectivity index (χ3v) is 14.8. The van der Waals surface area contributed by atoms with E-state index in [1.54, 1.807) is 0 Å². The highest BCUT2D eigenvalue weighted by molar-refractivity contribution is 7.74. The van der Waals surface area contributed by atoms with Crippen LogP contribution in [-0.2, 0) is 36.4 Å². The minimum atomic E-state index is -6.44.